The van der Waals surface area contributed by atoms with Crippen LogP contribution in [0.3, 0.4) is 0 Å². The van der Waals surface area contributed by atoms with Crippen LogP contribution >= 0.6 is 0 Å². The molecule has 0 radical (unpaired) electrons. The Morgan fingerprint density at radius 3 is 2.40 bits per heavy atom. The lowest BCUT2D eigenvalue weighted by molar-refractivity contribution is -0.127. The number of rotatable bonds is 6. The highest BCUT2D eigenvalue weighted by Crippen LogP contribution is 1.92. The molecule has 2 amide bonds. The van der Waals surface area contributed by atoms with Crippen LogP contribution in [0.5, 0.6) is 0 Å². The average molecular weight is 215 g/mol. The SMILES string of the molecule is CCC[C@@H](N)C(=O)NCC(=O)NC(C)C. The molecule has 0 bridgehead atoms. The van der Waals surface area contributed by atoms with E-state index in [9.17, 15) is 9.59 Å². The van der Waals surface area contributed by atoms with Gasteiger partial charge in [-0.05, 0) is 20.3 Å². The Hall–Kier alpha value is -1.10. The molecule has 0 rings (SSSR count). The third-order valence-corrected chi connectivity index (χ3v) is 1.81. The molecule has 0 aromatic carbocycles. The number of hydrogen-bond acceptors (Lipinski definition) is 3. The Morgan fingerprint density at radius 1 is 1.33 bits per heavy atom. The van der Waals surface area contributed by atoms with Gasteiger partial charge in [-0.3, -0.25) is 9.59 Å². The predicted molar refractivity (Wildman–Crippen MR) is 59.2 cm³/mol. The van der Waals surface area contributed by atoms with Crippen molar-refractivity contribution in [3.63, 3.8) is 0 Å². The number of nitrogens with one attached hydrogen (secondary N) is 2. The molecule has 1 atom stereocenters. The van der Waals surface area contributed by atoms with Gasteiger partial charge in [0.1, 0.15) is 0 Å². The van der Waals surface area contributed by atoms with Crippen LogP contribution in [-0.2, 0) is 9.59 Å². The van der Waals surface area contributed by atoms with Gasteiger partial charge in [-0.1, -0.05) is 13.3 Å². The number of carbonyl (C=O) groups excluding carboxylic acids is 2. The average Bonchev–Trinajstić information content (AvgIpc) is 2.13. The second-order valence-electron chi connectivity index (χ2n) is 3.84. The quantitative estimate of drug-likeness (QED) is 0.571. The van der Waals surface area contributed by atoms with Gasteiger partial charge in [-0.2, -0.15) is 0 Å². The van der Waals surface area contributed by atoms with Crippen LogP contribution in [0, 0.1) is 0 Å². The first kappa shape index (κ1) is 13.9. The van der Waals surface area contributed by atoms with Crippen molar-refractivity contribution in [2.24, 2.45) is 5.73 Å². The third kappa shape index (κ3) is 6.90. The summed E-state index contributed by atoms with van der Waals surface area (Å²) in [5, 5.41) is 5.17. The molecular weight excluding hydrogens is 194 g/mol. The topological polar surface area (TPSA) is 84.2 Å². The number of carbonyl (C=O) groups is 2. The lowest BCUT2D eigenvalue weighted by atomic mass is 10.2. The van der Waals surface area contributed by atoms with Crippen molar-refractivity contribution in [3.05, 3.63) is 0 Å². The number of nitrogens with two attached hydrogens (primary N) is 1. The smallest absolute Gasteiger partial charge is 0.239 e. The Kier molecular flexibility index (Phi) is 6.70. The maximum atomic E-state index is 11.3. The maximum absolute atomic E-state index is 11.3. The molecular formula is C10H21N3O2. The highest BCUT2D eigenvalue weighted by atomic mass is 16.2. The normalized spacial score (nSPS) is 12.3. The van der Waals surface area contributed by atoms with Crippen molar-refractivity contribution in [1.82, 2.24) is 10.6 Å². The molecule has 4 N–H and O–H groups in total. The van der Waals surface area contributed by atoms with Gasteiger partial charge in [0.2, 0.25) is 11.8 Å². The van der Waals surface area contributed by atoms with E-state index < -0.39 is 6.04 Å². The largest absolute Gasteiger partial charge is 0.352 e. The number of amides is 2. The van der Waals surface area contributed by atoms with Crippen molar-refractivity contribution in [2.75, 3.05) is 6.54 Å². The fourth-order valence-electron chi connectivity index (χ4n) is 1.11. The zero-order valence-corrected chi connectivity index (χ0v) is 9.67. The van der Waals surface area contributed by atoms with Crippen molar-refractivity contribution in [3.8, 4) is 0 Å². The Labute approximate surface area is 90.8 Å². The van der Waals surface area contributed by atoms with Crippen molar-refractivity contribution < 1.29 is 9.59 Å². The van der Waals surface area contributed by atoms with E-state index in [0.717, 1.165) is 6.42 Å². The van der Waals surface area contributed by atoms with E-state index >= 15 is 0 Å². The van der Waals surface area contributed by atoms with Gasteiger partial charge in [-0.15, -0.1) is 0 Å². The van der Waals surface area contributed by atoms with Gasteiger partial charge in [0, 0.05) is 6.04 Å². The van der Waals surface area contributed by atoms with Crippen LogP contribution < -0.4 is 16.4 Å². The number of hydrogen-bond donors (Lipinski definition) is 3. The molecule has 0 aromatic heterocycles. The Morgan fingerprint density at radius 2 is 1.93 bits per heavy atom. The van der Waals surface area contributed by atoms with Crippen LogP contribution in [0.4, 0.5) is 0 Å². The molecule has 88 valence electrons. The Balaban J connectivity index is 3.75. The molecule has 15 heavy (non-hydrogen) atoms. The second-order valence-corrected chi connectivity index (χ2v) is 3.84. The fraction of sp³-hybridized carbons (Fsp3) is 0.800. The minimum absolute atomic E-state index is 0.00553. The highest BCUT2D eigenvalue weighted by Gasteiger charge is 2.13. The molecule has 0 aliphatic rings. The first-order valence-corrected chi connectivity index (χ1v) is 5.30. The summed E-state index contributed by atoms with van der Waals surface area (Å²) in [5.74, 6) is -0.460. The predicted octanol–water partition coefficient (Wildman–Crippen LogP) is -0.245. The molecule has 0 unspecified atom stereocenters. The third-order valence-electron chi connectivity index (χ3n) is 1.81. The van der Waals surface area contributed by atoms with Crippen molar-refractivity contribution in [2.45, 2.75) is 45.7 Å². The molecule has 5 heteroatoms. The summed E-state index contributed by atoms with van der Waals surface area (Å²) in [7, 11) is 0. The van der Waals surface area contributed by atoms with Crippen LogP contribution in [0.1, 0.15) is 33.6 Å². The summed E-state index contributed by atoms with van der Waals surface area (Å²) >= 11 is 0. The van der Waals surface area contributed by atoms with Crippen LogP contribution in [0.15, 0.2) is 0 Å². The summed E-state index contributed by atoms with van der Waals surface area (Å²) in [6, 6.07) is -0.430. The highest BCUT2D eigenvalue weighted by molar-refractivity contribution is 5.87. The van der Waals surface area contributed by atoms with E-state index in [4.69, 9.17) is 5.73 Å². The van der Waals surface area contributed by atoms with E-state index in [1.165, 1.54) is 0 Å². The summed E-state index contributed by atoms with van der Waals surface area (Å²) in [6.45, 7) is 5.68. The first-order valence-electron chi connectivity index (χ1n) is 5.30. The molecule has 0 aliphatic carbocycles. The van der Waals surface area contributed by atoms with E-state index in [-0.39, 0.29) is 24.4 Å². The van der Waals surface area contributed by atoms with Gasteiger partial charge in [0.05, 0.1) is 12.6 Å². The standard InChI is InChI=1S/C10H21N3O2/c1-4-5-8(11)10(15)12-6-9(14)13-7(2)3/h7-8H,4-6,11H2,1-3H3,(H,12,15)(H,13,14)/t8-/m1/s1. The van der Waals surface area contributed by atoms with Crippen molar-refractivity contribution in [1.29, 1.82) is 0 Å². The summed E-state index contributed by atoms with van der Waals surface area (Å²) in [5.41, 5.74) is 5.57. The molecule has 5 nitrogen and oxygen atoms in total. The van der Waals surface area contributed by atoms with E-state index in [2.05, 4.69) is 10.6 Å². The summed E-state index contributed by atoms with van der Waals surface area (Å²) in [4.78, 5) is 22.5. The van der Waals surface area contributed by atoms with Crippen LogP contribution in [0.2, 0.25) is 0 Å². The van der Waals surface area contributed by atoms with E-state index in [1.54, 1.807) is 0 Å². The van der Waals surface area contributed by atoms with E-state index in [1.807, 2.05) is 20.8 Å². The minimum atomic E-state index is -0.512. The van der Waals surface area contributed by atoms with Crippen LogP contribution in [0.25, 0.3) is 0 Å². The molecule has 0 heterocycles. The first-order chi connectivity index (χ1) is 6.97. The van der Waals surface area contributed by atoms with E-state index in [0.29, 0.717) is 6.42 Å². The van der Waals surface area contributed by atoms with Gasteiger partial charge in [0.15, 0.2) is 0 Å². The van der Waals surface area contributed by atoms with Gasteiger partial charge in [-0.25, -0.2) is 0 Å². The molecule has 0 saturated heterocycles. The lowest BCUT2D eigenvalue weighted by Gasteiger charge is -2.12. The molecule has 0 aliphatic heterocycles. The minimum Gasteiger partial charge on any atom is -0.352 e. The molecule has 0 aromatic rings. The van der Waals surface area contributed by atoms with Crippen molar-refractivity contribution >= 4 is 11.8 Å². The monoisotopic (exact) mass is 215 g/mol. The second kappa shape index (κ2) is 7.23. The Bertz CT molecular complexity index is 217. The summed E-state index contributed by atoms with van der Waals surface area (Å²) in [6.07, 6.45) is 1.49. The maximum Gasteiger partial charge on any atom is 0.239 e. The molecule has 0 fully saturated rings. The van der Waals surface area contributed by atoms with Gasteiger partial charge < -0.3 is 16.4 Å². The zero-order valence-electron chi connectivity index (χ0n) is 9.67. The zero-order chi connectivity index (χ0) is 11.8. The summed E-state index contributed by atoms with van der Waals surface area (Å²) < 4.78 is 0. The molecule has 0 saturated carbocycles. The van der Waals surface area contributed by atoms with Crippen LogP contribution in [-0.4, -0.2) is 30.4 Å². The fourth-order valence-corrected chi connectivity index (χ4v) is 1.11. The molecule has 0 spiro atoms. The van der Waals surface area contributed by atoms with Gasteiger partial charge in [0.25, 0.3) is 0 Å². The lowest BCUT2D eigenvalue weighted by Crippen LogP contribution is -2.45. The van der Waals surface area contributed by atoms with Gasteiger partial charge >= 0.3 is 0 Å².